The largest absolute Gasteiger partial charge is 0.400 e. The van der Waals surface area contributed by atoms with Crippen LogP contribution in [0.2, 0.25) is 0 Å². The summed E-state index contributed by atoms with van der Waals surface area (Å²) in [6.45, 7) is 11.5. The van der Waals surface area contributed by atoms with Gasteiger partial charge in [-0.15, -0.1) is 0 Å². The quantitative estimate of drug-likeness (QED) is 0.680. The number of carbonyl (C=O) groups excluding carboxylic acids is 1. The van der Waals surface area contributed by atoms with Gasteiger partial charge in [-0.05, 0) is 49.8 Å². The molecule has 1 fully saturated rings. The lowest BCUT2D eigenvalue weighted by Gasteiger charge is -2.18. The number of carbonyl (C=O) groups is 1. The zero-order chi connectivity index (χ0) is 17.9. The van der Waals surface area contributed by atoms with Gasteiger partial charge in [0.15, 0.2) is 0 Å². The maximum absolute atomic E-state index is 12.4. The second kappa shape index (κ2) is 10.5. The van der Waals surface area contributed by atoms with Crippen LogP contribution in [-0.4, -0.2) is 24.0 Å². The van der Waals surface area contributed by atoms with Crippen molar-refractivity contribution in [2.45, 2.75) is 46.5 Å². The molecule has 1 heterocycles. The van der Waals surface area contributed by atoms with Gasteiger partial charge in [0, 0.05) is 18.8 Å². The molecule has 0 aromatic carbocycles. The summed E-state index contributed by atoms with van der Waals surface area (Å²) in [5.74, 6) is 0. The van der Waals surface area contributed by atoms with Crippen molar-refractivity contribution in [3.8, 4) is 0 Å². The van der Waals surface area contributed by atoms with Crippen LogP contribution in [0.1, 0.15) is 46.5 Å². The highest BCUT2D eigenvalue weighted by molar-refractivity contribution is 5.77. The SMILES string of the molecule is C=C/C=C(\C=C/CC)C(/C)=C/C(NC(=O)N1CCCC1)=C(/N)CC. The van der Waals surface area contributed by atoms with Gasteiger partial charge < -0.3 is 16.0 Å². The van der Waals surface area contributed by atoms with Gasteiger partial charge in [-0.2, -0.15) is 0 Å². The summed E-state index contributed by atoms with van der Waals surface area (Å²) in [4.78, 5) is 14.2. The molecular weight excluding hydrogens is 298 g/mol. The molecule has 0 unspecified atom stereocenters. The lowest BCUT2D eigenvalue weighted by Crippen LogP contribution is -2.38. The molecular formula is C20H31N3O. The van der Waals surface area contributed by atoms with Gasteiger partial charge in [-0.1, -0.05) is 44.7 Å². The van der Waals surface area contributed by atoms with Crippen molar-refractivity contribution in [2.24, 2.45) is 5.73 Å². The Labute approximate surface area is 146 Å². The number of hydrogen-bond acceptors (Lipinski definition) is 2. The number of urea groups is 1. The van der Waals surface area contributed by atoms with Gasteiger partial charge in [0.25, 0.3) is 0 Å². The van der Waals surface area contributed by atoms with E-state index in [4.69, 9.17) is 5.73 Å². The number of nitrogens with two attached hydrogens (primary N) is 1. The predicted octanol–water partition coefficient (Wildman–Crippen LogP) is 4.40. The molecule has 4 heteroatoms. The van der Waals surface area contributed by atoms with Crippen LogP contribution in [0, 0.1) is 0 Å². The van der Waals surface area contributed by atoms with Gasteiger partial charge in [-0.3, -0.25) is 0 Å². The van der Waals surface area contributed by atoms with Crippen molar-refractivity contribution in [3.05, 3.63) is 59.5 Å². The Morgan fingerprint density at radius 1 is 1.29 bits per heavy atom. The van der Waals surface area contributed by atoms with Crippen LogP contribution in [0.5, 0.6) is 0 Å². The van der Waals surface area contributed by atoms with Crippen molar-refractivity contribution in [1.82, 2.24) is 10.2 Å². The fourth-order valence-corrected chi connectivity index (χ4v) is 2.50. The zero-order valence-corrected chi connectivity index (χ0v) is 15.3. The minimum Gasteiger partial charge on any atom is -0.400 e. The van der Waals surface area contributed by atoms with E-state index in [1.54, 1.807) is 6.08 Å². The van der Waals surface area contributed by atoms with E-state index in [2.05, 4.69) is 31.0 Å². The summed E-state index contributed by atoms with van der Waals surface area (Å²) >= 11 is 0. The average Bonchev–Trinajstić information content (AvgIpc) is 3.11. The number of likely N-dealkylation sites (tertiary alicyclic amines) is 1. The van der Waals surface area contributed by atoms with Gasteiger partial charge in [0.1, 0.15) is 0 Å². The Morgan fingerprint density at radius 2 is 1.96 bits per heavy atom. The third kappa shape index (κ3) is 6.11. The molecule has 0 spiro atoms. The topological polar surface area (TPSA) is 58.4 Å². The third-order valence-electron chi connectivity index (χ3n) is 4.01. The zero-order valence-electron chi connectivity index (χ0n) is 15.3. The molecule has 132 valence electrons. The number of rotatable bonds is 7. The molecule has 0 atom stereocenters. The molecule has 0 aromatic heterocycles. The van der Waals surface area contributed by atoms with Crippen LogP contribution in [0.15, 0.2) is 59.5 Å². The second-order valence-corrected chi connectivity index (χ2v) is 5.91. The first kappa shape index (κ1) is 19.8. The number of nitrogens with zero attached hydrogens (tertiary/aromatic N) is 1. The van der Waals surface area contributed by atoms with Crippen molar-refractivity contribution < 1.29 is 4.79 Å². The molecule has 2 amide bonds. The van der Waals surface area contributed by atoms with Crippen LogP contribution in [-0.2, 0) is 0 Å². The molecule has 1 rings (SSSR count). The minimum absolute atomic E-state index is 0.0682. The highest BCUT2D eigenvalue weighted by Crippen LogP contribution is 2.16. The molecule has 1 saturated heterocycles. The Kier molecular flexibility index (Phi) is 8.69. The first-order valence-electron chi connectivity index (χ1n) is 8.75. The van der Waals surface area contributed by atoms with Crippen LogP contribution in [0.4, 0.5) is 4.79 Å². The average molecular weight is 329 g/mol. The third-order valence-corrected chi connectivity index (χ3v) is 4.01. The first-order valence-corrected chi connectivity index (χ1v) is 8.75. The smallest absolute Gasteiger partial charge is 0.321 e. The molecule has 0 saturated carbocycles. The summed E-state index contributed by atoms with van der Waals surface area (Å²) in [6.07, 6.45) is 13.6. The Hall–Kier alpha value is -2.23. The molecule has 0 radical (unpaired) electrons. The highest BCUT2D eigenvalue weighted by atomic mass is 16.2. The van der Waals surface area contributed by atoms with Crippen molar-refractivity contribution in [2.75, 3.05) is 13.1 Å². The van der Waals surface area contributed by atoms with Gasteiger partial charge in [0.2, 0.25) is 0 Å². The maximum atomic E-state index is 12.4. The molecule has 1 aliphatic heterocycles. The van der Waals surface area contributed by atoms with Gasteiger partial charge >= 0.3 is 6.03 Å². The van der Waals surface area contributed by atoms with E-state index in [1.807, 2.05) is 30.9 Å². The summed E-state index contributed by atoms with van der Waals surface area (Å²) in [5, 5.41) is 2.98. The molecule has 24 heavy (non-hydrogen) atoms. The second-order valence-electron chi connectivity index (χ2n) is 5.91. The Balaban J connectivity index is 3.03. The first-order chi connectivity index (χ1) is 11.5. The normalized spacial score (nSPS) is 17.2. The van der Waals surface area contributed by atoms with Crippen LogP contribution < -0.4 is 11.1 Å². The predicted molar refractivity (Wildman–Crippen MR) is 102 cm³/mol. The standard InChI is InChI=1S/C20H31N3O/c1-5-8-12-17(11-6-2)16(4)15-19(18(21)7-3)22-20(24)23-13-9-10-14-23/h6,8,11-12,15H,2,5,7,9-10,13-14,21H2,1,3-4H3,(H,22,24)/b12-8-,16-15+,17-11+,19-18-. The molecule has 1 aliphatic rings. The molecule has 3 N–H and O–H groups in total. The summed E-state index contributed by atoms with van der Waals surface area (Å²) < 4.78 is 0. The highest BCUT2D eigenvalue weighted by Gasteiger charge is 2.18. The van der Waals surface area contributed by atoms with E-state index in [9.17, 15) is 4.79 Å². The van der Waals surface area contributed by atoms with Gasteiger partial charge in [0.05, 0.1) is 5.70 Å². The maximum Gasteiger partial charge on any atom is 0.321 e. The fraction of sp³-hybridized carbons (Fsp3) is 0.450. The van der Waals surface area contributed by atoms with Crippen molar-refractivity contribution in [1.29, 1.82) is 0 Å². The minimum atomic E-state index is -0.0682. The van der Waals surface area contributed by atoms with Crippen LogP contribution >= 0.6 is 0 Å². The number of allylic oxidation sites excluding steroid dienone is 8. The molecule has 0 aliphatic carbocycles. The van der Waals surface area contributed by atoms with Crippen LogP contribution in [0.3, 0.4) is 0 Å². The summed E-state index contributed by atoms with van der Waals surface area (Å²) in [6, 6.07) is -0.0682. The van der Waals surface area contributed by atoms with Crippen molar-refractivity contribution in [3.63, 3.8) is 0 Å². The lowest BCUT2D eigenvalue weighted by molar-refractivity contribution is 0.212. The van der Waals surface area contributed by atoms with E-state index >= 15 is 0 Å². The molecule has 0 bridgehead atoms. The van der Waals surface area contributed by atoms with Crippen molar-refractivity contribution >= 4 is 6.03 Å². The molecule has 0 aromatic rings. The Morgan fingerprint density at radius 3 is 2.50 bits per heavy atom. The fourth-order valence-electron chi connectivity index (χ4n) is 2.50. The Bertz CT molecular complexity index is 561. The van der Waals surface area contributed by atoms with E-state index in [-0.39, 0.29) is 6.03 Å². The number of hydrogen-bond donors (Lipinski definition) is 2. The summed E-state index contributed by atoms with van der Waals surface area (Å²) in [7, 11) is 0. The monoisotopic (exact) mass is 329 g/mol. The molecule has 4 nitrogen and oxygen atoms in total. The van der Waals surface area contributed by atoms with E-state index in [0.717, 1.165) is 43.5 Å². The number of nitrogens with one attached hydrogen (secondary N) is 1. The van der Waals surface area contributed by atoms with E-state index < -0.39 is 0 Å². The van der Waals surface area contributed by atoms with Gasteiger partial charge in [-0.25, -0.2) is 4.79 Å². The van der Waals surface area contributed by atoms with E-state index in [1.165, 1.54) is 0 Å². The summed E-state index contributed by atoms with van der Waals surface area (Å²) in [5.41, 5.74) is 9.59. The lowest BCUT2D eigenvalue weighted by atomic mass is 10.0. The van der Waals surface area contributed by atoms with E-state index in [0.29, 0.717) is 17.8 Å². The van der Waals surface area contributed by atoms with Crippen LogP contribution in [0.25, 0.3) is 0 Å². The number of amides is 2.